The molecule has 4 aromatic rings. The zero-order valence-electron chi connectivity index (χ0n) is 41.9. The Bertz CT molecular complexity index is 2470. The number of aryl methyl sites for hydroxylation is 1. The van der Waals surface area contributed by atoms with Gasteiger partial charge in [0, 0.05) is 75.2 Å². The van der Waals surface area contributed by atoms with E-state index in [1.807, 2.05) is 87.5 Å². The van der Waals surface area contributed by atoms with E-state index in [2.05, 4.69) is 16.4 Å². The van der Waals surface area contributed by atoms with Gasteiger partial charge in [0.25, 0.3) is 0 Å². The highest BCUT2D eigenvalue weighted by atomic mass is 32.1. The van der Waals surface area contributed by atoms with Gasteiger partial charge in [0.05, 0.1) is 34.8 Å². The number of carbonyl (C=O) groups excluding carboxylic acids is 3. The van der Waals surface area contributed by atoms with Crippen LogP contribution in [0.25, 0.3) is 16.0 Å². The third-order valence-corrected chi connectivity index (χ3v) is 15.0. The SMILES string of the molecule is Cc1ncsc1-c1ccc(CNC(=O)[C@@H]2C[C@@H](O)CN2C(=O)[C@@H](CC(=O)CCCCCCCOCCOc2cc(F)c([C@@H]3C4=C(C[C@@H](C)N3CC(C)(C)F)c3ccccc3C4)c(F)c2)C(C)(C)C)cc1. The molecular formula is C56H71F3N4O6S. The molecule has 1 saturated heterocycles. The average molecular weight is 985 g/mol. The van der Waals surface area contributed by atoms with Crippen molar-refractivity contribution in [2.45, 2.75) is 149 Å². The summed E-state index contributed by atoms with van der Waals surface area (Å²) in [7, 11) is 0. The van der Waals surface area contributed by atoms with Crippen LogP contribution in [0.5, 0.6) is 5.75 Å². The third-order valence-electron chi connectivity index (χ3n) is 14.0. The van der Waals surface area contributed by atoms with Crippen LogP contribution in [0.3, 0.4) is 0 Å². The second-order valence-corrected chi connectivity index (χ2v) is 22.1. The fourth-order valence-corrected chi connectivity index (χ4v) is 11.2. The highest BCUT2D eigenvalue weighted by Gasteiger charge is 2.45. The number of β-amino-alcohol motifs (C(OH)–C–C–N with tert-alkyl or cyclic N) is 1. The Morgan fingerprint density at radius 1 is 0.943 bits per heavy atom. The summed E-state index contributed by atoms with van der Waals surface area (Å²) in [4.78, 5) is 49.6. The van der Waals surface area contributed by atoms with E-state index in [1.54, 1.807) is 11.3 Å². The van der Waals surface area contributed by atoms with Crippen molar-refractivity contribution in [1.82, 2.24) is 20.1 Å². The van der Waals surface area contributed by atoms with Gasteiger partial charge in [-0.2, -0.15) is 0 Å². The Morgan fingerprint density at radius 2 is 1.64 bits per heavy atom. The molecule has 14 heteroatoms. The lowest BCUT2D eigenvalue weighted by Crippen LogP contribution is -2.50. The van der Waals surface area contributed by atoms with Crippen molar-refractivity contribution in [1.29, 1.82) is 0 Å². The van der Waals surface area contributed by atoms with Crippen molar-refractivity contribution < 1.29 is 42.1 Å². The molecule has 0 unspecified atom stereocenters. The summed E-state index contributed by atoms with van der Waals surface area (Å²) in [5.41, 5.74) is 6.80. The van der Waals surface area contributed by atoms with E-state index in [9.17, 15) is 19.5 Å². The minimum Gasteiger partial charge on any atom is -0.491 e. The quantitative estimate of drug-likeness (QED) is 0.0747. The van der Waals surface area contributed by atoms with Gasteiger partial charge in [0.2, 0.25) is 11.8 Å². The maximum absolute atomic E-state index is 16.1. The first-order valence-electron chi connectivity index (χ1n) is 25.0. The van der Waals surface area contributed by atoms with Gasteiger partial charge in [-0.1, -0.05) is 88.6 Å². The fourth-order valence-electron chi connectivity index (χ4n) is 10.4. The number of halogens is 3. The Morgan fingerprint density at radius 3 is 2.33 bits per heavy atom. The largest absolute Gasteiger partial charge is 0.491 e. The molecule has 7 rings (SSSR count). The second kappa shape index (κ2) is 23.1. The van der Waals surface area contributed by atoms with Crippen molar-refractivity contribution in [3.8, 4) is 16.2 Å². The van der Waals surface area contributed by atoms with Gasteiger partial charge in [0.15, 0.2) is 0 Å². The molecule has 2 N–H and O–H groups in total. The van der Waals surface area contributed by atoms with Crippen LogP contribution in [-0.4, -0.2) is 94.3 Å². The molecule has 378 valence electrons. The van der Waals surface area contributed by atoms with Gasteiger partial charge in [-0.25, -0.2) is 18.2 Å². The van der Waals surface area contributed by atoms with E-state index in [-0.39, 0.29) is 80.6 Å². The van der Waals surface area contributed by atoms with Crippen molar-refractivity contribution in [3.63, 3.8) is 0 Å². The molecule has 1 aliphatic carbocycles. The molecule has 0 spiro atoms. The summed E-state index contributed by atoms with van der Waals surface area (Å²) in [6, 6.07) is 16.7. The number of benzene rings is 3. The molecular weight excluding hydrogens is 914 g/mol. The lowest BCUT2D eigenvalue weighted by atomic mass is 9.76. The van der Waals surface area contributed by atoms with Crippen LogP contribution in [0.1, 0.15) is 133 Å². The fraction of sp³-hybridized carbons (Fsp3) is 0.536. The lowest BCUT2D eigenvalue weighted by Gasteiger charge is -2.44. The number of hydrogen-bond acceptors (Lipinski definition) is 9. The number of rotatable bonds is 22. The van der Waals surface area contributed by atoms with Crippen LogP contribution < -0.4 is 10.1 Å². The van der Waals surface area contributed by atoms with Gasteiger partial charge in [0.1, 0.15) is 41.5 Å². The van der Waals surface area contributed by atoms with Crippen LogP contribution in [0.4, 0.5) is 13.2 Å². The Balaban J connectivity index is 0.804. The Hall–Kier alpha value is -4.89. The van der Waals surface area contributed by atoms with E-state index < -0.39 is 46.8 Å². The zero-order valence-corrected chi connectivity index (χ0v) is 42.7. The van der Waals surface area contributed by atoms with Crippen molar-refractivity contribution in [2.24, 2.45) is 11.3 Å². The lowest BCUT2D eigenvalue weighted by molar-refractivity contribution is -0.146. The molecule has 2 amide bonds. The van der Waals surface area contributed by atoms with Crippen LogP contribution >= 0.6 is 11.3 Å². The number of aromatic nitrogens is 1. The number of thiazole rings is 1. The molecule has 1 aromatic heterocycles. The van der Waals surface area contributed by atoms with Gasteiger partial charge in [-0.3, -0.25) is 19.3 Å². The highest BCUT2D eigenvalue weighted by Crippen LogP contribution is 2.50. The predicted molar refractivity (Wildman–Crippen MR) is 269 cm³/mol. The summed E-state index contributed by atoms with van der Waals surface area (Å²) < 4.78 is 58.8. The number of unbranched alkanes of at least 4 members (excludes halogenated alkanes) is 4. The van der Waals surface area contributed by atoms with Gasteiger partial charge >= 0.3 is 0 Å². The topological polar surface area (TPSA) is 121 Å². The number of aliphatic hydroxyl groups excluding tert-OH is 1. The summed E-state index contributed by atoms with van der Waals surface area (Å²) >= 11 is 1.58. The predicted octanol–water partition coefficient (Wildman–Crippen LogP) is 10.9. The van der Waals surface area contributed by atoms with Crippen LogP contribution in [0.15, 0.2) is 71.7 Å². The maximum Gasteiger partial charge on any atom is 0.243 e. The number of ether oxygens (including phenoxy) is 2. The number of hydrogen-bond donors (Lipinski definition) is 2. The summed E-state index contributed by atoms with van der Waals surface area (Å²) in [6.07, 6.45) is 5.12. The van der Waals surface area contributed by atoms with E-state index >= 15 is 13.2 Å². The number of nitrogens with zero attached hydrogens (tertiary/aromatic N) is 3. The molecule has 0 saturated carbocycles. The van der Waals surface area contributed by atoms with E-state index in [1.165, 1.54) is 30.9 Å². The molecule has 70 heavy (non-hydrogen) atoms. The van der Waals surface area contributed by atoms with Gasteiger partial charge in [-0.05, 0) is 92.2 Å². The maximum atomic E-state index is 16.1. The number of aliphatic hydroxyl groups is 1. The summed E-state index contributed by atoms with van der Waals surface area (Å²) in [5, 5.41) is 13.6. The van der Waals surface area contributed by atoms with Gasteiger partial charge < -0.3 is 24.8 Å². The minimum atomic E-state index is -1.57. The molecule has 3 heterocycles. The highest BCUT2D eigenvalue weighted by molar-refractivity contribution is 7.13. The van der Waals surface area contributed by atoms with Crippen LogP contribution in [-0.2, 0) is 32.1 Å². The number of fused-ring (bicyclic) bond motifs is 2. The molecule has 0 radical (unpaired) electrons. The van der Waals surface area contributed by atoms with E-state index in [0.29, 0.717) is 32.3 Å². The number of amides is 2. The molecule has 0 bridgehead atoms. The molecule has 2 aliphatic heterocycles. The molecule has 10 nitrogen and oxygen atoms in total. The number of nitrogens with one attached hydrogen (secondary N) is 1. The van der Waals surface area contributed by atoms with Crippen LogP contribution in [0, 0.1) is 29.9 Å². The standard InChI is InChI=1S/C56H71F3N4O6S/c1-35-25-44-43-17-13-12-15-39(43)26-45(44)51(63(35)33-56(6,7)59)50-47(57)29-42(30-48(50)58)69-24-23-68-22-14-10-8-9-11-16-40(64)27-46(55(3,4)5)54(67)62-32-41(65)28-49(62)53(66)60-31-37-18-20-38(21-19-37)52-36(2)61-34-70-52/h12-13,15,17-21,29-30,34-35,41,46,49,51,65H,8-11,14,16,22-28,31-33H2,1-7H3,(H,60,66)/t35-,41-,46-,49+,51+/m1/s1. The monoisotopic (exact) mass is 985 g/mol. The average Bonchev–Trinajstić information content (AvgIpc) is 4.02. The molecule has 5 atom stereocenters. The molecule has 1 fully saturated rings. The normalized spacial score (nSPS) is 19.8. The number of ketones is 1. The first-order valence-corrected chi connectivity index (χ1v) is 25.9. The molecule has 3 aromatic carbocycles. The van der Waals surface area contributed by atoms with E-state index in [4.69, 9.17) is 9.47 Å². The third kappa shape index (κ3) is 13.1. The smallest absolute Gasteiger partial charge is 0.243 e. The minimum absolute atomic E-state index is 0.00134. The first-order chi connectivity index (χ1) is 33.3. The Kier molecular flexibility index (Phi) is 17.5. The summed E-state index contributed by atoms with van der Waals surface area (Å²) in [5.74, 6) is -2.63. The first kappa shape index (κ1) is 52.9. The Labute approximate surface area is 416 Å². The van der Waals surface area contributed by atoms with Crippen molar-refractivity contribution >= 4 is 34.5 Å². The van der Waals surface area contributed by atoms with Gasteiger partial charge in [-0.15, -0.1) is 11.3 Å². The zero-order chi connectivity index (χ0) is 50.3. The second-order valence-electron chi connectivity index (χ2n) is 21.2. The number of Topliss-reactive ketones (excluding diaryl/α,β-unsaturated/α-hetero) is 1. The number of carbonyl (C=O) groups is 3. The van der Waals surface area contributed by atoms with Crippen molar-refractivity contribution in [2.75, 3.05) is 32.9 Å². The number of alkyl halides is 1. The summed E-state index contributed by atoms with van der Waals surface area (Å²) in [6.45, 7) is 13.9. The van der Waals surface area contributed by atoms with Crippen molar-refractivity contribution in [3.05, 3.63) is 111 Å². The number of likely N-dealkylation sites (tertiary alicyclic amines) is 1. The van der Waals surface area contributed by atoms with E-state index in [0.717, 1.165) is 69.7 Å². The van der Waals surface area contributed by atoms with Crippen LogP contribution in [0.2, 0.25) is 0 Å². The molecule has 3 aliphatic rings.